The molecular weight excluding hydrogens is 250 g/mol. The number of benzene rings is 2. The lowest BCUT2D eigenvalue weighted by molar-refractivity contribution is 0.150. The summed E-state index contributed by atoms with van der Waals surface area (Å²) < 4.78 is 6.86. The zero-order chi connectivity index (χ0) is 13.8. The Labute approximate surface area is 117 Å². The van der Waals surface area contributed by atoms with E-state index in [1.807, 2.05) is 60.7 Å². The number of rotatable bonds is 3. The second-order valence-electron chi connectivity index (χ2n) is 4.59. The van der Waals surface area contributed by atoms with Gasteiger partial charge < -0.3 is 4.74 Å². The van der Waals surface area contributed by atoms with Crippen LogP contribution in [0.25, 0.3) is 10.9 Å². The maximum absolute atomic E-state index is 12.1. The fraction of sp³-hybridized carbons (Fsp3) is 0.118. The van der Waals surface area contributed by atoms with E-state index in [-0.39, 0.29) is 6.09 Å². The minimum absolute atomic E-state index is 0.331. The maximum atomic E-state index is 12.1. The molecule has 0 aliphatic rings. The smallest absolute Gasteiger partial charge is 0.418 e. The molecule has 0 saturated carbocycles. The highest BCUT2D eigenvalue weighted by molar-refractivity contribution is 5.89. The average Bonchev–Trinajstić information content (AvgIpc) is 2.92. The van der Waals surface area contributed by atoms with Crippen LogP contribution in [0.1, 0.15) is 5.56 Å². The molecule has 0 atom stereocenters. The summed E-state index contributed by atoms with van der Waals surface area (Å²) in [5.41, 5.74) is 2.04. The molecule has 0 spiro atoms. The van der Waals surface area contributed by atoms with Gasteiger partial charge >= 0.3 is 6.09 Å². The maximum Gasteiger partial charge on any atom is 0.418 e. The van der Waals surface area contributed by atoms with Crippen molar-refractivity contribution in [3.05, 3.63) is 72.4 Å². The Morgan fingerprint density at radius 2 is 1.70 bits per heavy atom. The zero-order valence-electron chi connectivity index (χ0n) is 11.0. The molecule has 0 aliphatic carbocycles. The van der Waals surface area contributed by atoms with E-state index in [9.17, 15) is 4.79 Å². The molecule has 20 heavy (non-hydrogen) atoms. The summed E-state index contributed by atoms with van der Waals surface area (Å²) in [5, 5.41) is 1.03. The van der Waals surface area contributed by atoms with E-state index in [2.05, 4.69) is 0 Å². The average molecular weight is 265 g/mol. The van der Waals surface area contributed by atoms with Crippen LogP contribution in [-0.2, 0) is 11.2 Å². The quantitative estimate of drug-likeness (QED) is 0.720. The third-order valence-electron chi connectivity index (χ3n) is 3.26. The van der Waals surface area contributed by atoms with Gasteiger partial charge in [0.2, 0.25) is 0 Å². The normalized spacial score (nSPS) is 10.6. The van der Waals surface area contributed by atoms with E-state index in [1.54, 1.807) is 10.8 Å². The highest BCUT2D eigenvalue weighted by Crippen LogP contribution is 2.15. The Morgan fingerprint density at radius 1 is 0.950 bits per heavy atom. The SMILES string of the molecule is O=C(OCCc1ccccc1)n1ccc2ccccc21. The lowest BCUT2D eigenvalue weighted by atomic mass is 10.2. The second-order valence-corrected chi connectivity index (χ2v) is 4.59. The van der Waals surface area contributed by atoms with Crippen LogP contribution in [0.15, 0.2) is 66.9 Å². The number of hydrogen-bond acceptors (Lipinski definition) is 2. The van der Waals surface area contributed by atoms with Crippen molar-refractivity contribution in [1.82, 2.24) is 4.57 Å². The number of hydrogen-bond donors (Lipinski definition) is 0. The molecule has 0 radical (unpaired) electrons. The van der Waals surface area contributed by atoms with Gasteiger partial charge in [-0.1, -0.05) is 48.5 Å². The summed E-state index contributed by atoms with van der Waals surface area (Å²) in [6.07, 6.45) is 2.14. The standard InChI is InChI=1S/C17H15NO2/c19-17(20-13-11-14-6-2-1-3-7-14)18-12-10-15-8-4-5-9-16(15)18/h1-10,12H,11,13H2. The lowest BCUT2D eigenvalue weighted by Gasteiger charge is -2.06. The molecule has 3 rings (SSSR count). The molecule has 0 amide bonds. The van der Waals surface area contributed by atoms with Gasteiger partial charge in [-0.3, -0.25) is 4.57 Å². The molecule has 0 unspecified atom stereocenters. The predicted octanol–water partition coefficient (Wildman–Crippen LogP) is 3.87. The number of para-hydroxylation sites is 1. The van der Waals surface area contributed by atoms with Gasteiger partial charge in [-0.25, -0.2) is 4.79 Å². The predicted molar refractivity (Wildman–Crippen MR) is 78.8 cm³/mol. The zero-order valence-corrected chi connectivity index (χ0v) is 11.0. The summed E-state index contributed by atoms with van der Waals surface area (Å²) >= 11 is 0. The van der Waals surface area contributed by atoms with Gasteiger partial charge in [-0.2, -0.15) is 0 Å². The Balaban J connectivity index is 1.65. The first-order valence-corrected chi connectivity index (χ1v) is 6.62. The minimum Gasteiger partial charge on any atom is -0.449 e. The van der Waals surface area contributed by atoms with Crippen LogP contribution >= 0.6 is 0 Å². The first kappa shape index (κ1) is 12.5. The molecule has 0 fully saturated rings. The Kier molecular flexibility index (Phi) is 3.50. The molecule has 1 heterocycles. The van der Waals surface area contributed by atoms with Crippen LogP contribution in [0.4, 0.5) is 4.79 Å². The molecular formula is C17H15NO2. The van der Waals surface area contributed by atoms with Crippen LogP contribution in [0, 0.1) is 0 Å². The third kappa shape index (κ3) is 2.57. The van der Waals surface area contributed by atoms with E-state index in [4.69, 9.17) is 4.74 Å². The molecule has 0 saturated heterocycles. The third-order valence-corrected chi connectivity index (χ3v) is 3.26. The molecule has 100 valence electrons. The van der Waals surface area contributed by atoms with Gasteiger partial charge in [0.15, 0.2) is 0 Å². The van der Waals surface area contributed by atoms with Crippen molar-refractivity contribution in [3.8, 4) is 0 Å². The first-order valence-electron chi connectivity index (χ1n) is 6.62. The van der Waals surface area contributed by atoms with Crippen molar-refractivity contribution >= 4 is 17.0 Å². The molecule has 0 bridgehead atoms. The van der Waals surface area contributed by atoms with Gasteiger partial charge in [-0.05, 0) is 17.7 Å². The number of nitrogens with zero attached hydrogens (tertiary/aromatic N) is 1. The fourth-order valence-corrected chi connectivity index (χ4v) is 2.21. The van der Waals surface area contributed by atoms with Gasteiger partial charge in [0.05, 0.1) is 12.1 Å². The lowest BCUT2D eigenvalue weighted by Crippen LogP contribution is -2.14. The van der Waals surface area contributed by atoms with Crippen LogP contribution in [0.3, 0.4) is 0 Å². The Morgan fingerprint density at radius 3 is 2.55 bits per heavy atom. The van der Waals surface area contributed by atoms with Crippen molar-refractivity contribution < 1.29 is 9.53 Å². The van der Waals surface area contributed by atoms with E-state index in [0.29, 0.717) is 6.61 Å². The van der Waals surface area contributed by atoms with Gasteiger partial charge in [0, 0.05) is 18.0 Å². The van der Waals surface area contributed by atoms with Crippen LogP contribution in [-0.4, -0.2) is 17.3 Å². The van der Waals surface area contributed by atoms with Gasteiger partial charge in [0.25, 0.3) is 0 Å². The van der Waals surface area contributed by atoms with Crippen molar-refractivity contribution in [3.63, 3.8) is 0 Å². The molecule has 0 N–H and O–H groups in total. The number of carbonyl (C=O) groups excluding carboxylic acids is 1. The number of fused-ring (bicyclic) bond motifs is 1. The summed E-state index contributed by atoms with van der Waals surface area (Å²) in [7, 11) is 0. The molecule has 1 aromatic heterocycles. The number of aromatic nitrogens is 1. The van der Waals surface area contributed by atoms with Crippen LogP contribution in [0.2, 0.25) is 0 Å². The topological polar surface area (TPSA) is 31.2 Å². The highest BCUT2D eigenvalue weighted by Gasteiger charge is 2.09. The fourth-order valence-electron chi connectivity index (χ4n) is 2.21. The summed E-state index contributed by atoms with van der Waals surface area (Å²) in [5.74, 6) is 0. The molecule has 3 nitrogen and oxygen atoms in total. The second kappa shape index (κ2) is 5.61. The summed E-state index contributed by atoms with van der Waals surface area (Å²) in [4.78, 5) is 12.1. The van der Waals surface area contributed by atoms with E-state index in [1.165, 1.54) is 0 Å². The minimum atomic E-state index is -0.331. The molecule has 3 heteroatoms. The molecule has 0 aliphatic heterocycles. The van der Waals surface area contributed by atoms with Crippen LogP contribution < -0.4 is 0 Å². The first-order chi connectivity index (χ1) is 9.84. The van der Waals surface area contributed by atoms with E-state index < -0.39 is 0 Å². The highest BCUT2D eigenvalue weighted by atomic mass is 16.5. The van der Waals surface area contributed by atoms with Crippen molar-refractivity contribution in [1.29, 1.82) is 0 Å². The van der Waals surface area contributed by atoms with Crippen molar-refractivity contribution in [2.45, 2.75) is 6.42 Å². The monoisotopic (exact) mass is 265 g/mol. The van der Waals surface area contributed by atoms with Gasteiger partial charge in [-0.15, -0.1) is 0 Å². The van der Waals surface area contributed by atoms with Gasteiger partial charge in [0.1, 0.15) is 0 Å². The number of ether oxygens (including phenoxy) is 1. The number of carbonyl (C=O) groups is 1. The van der Waals surface area contributed by atoms with Crippen LogP contribution in [0.5, 0.6) is 0 Å². The summed E-state index contributed by atoms with van der Waals surface area (Å²) in [6, 6.07) is 19.7. The largest absolute Gasteiger partial charge is 0.449 e. The van der Waals surface area contributed by atoms with E-state index >= 15 is 0 Å². The molecule has 2 aromatic carbocycles. The summed E-state index contributed by atoms with van der Waals surface area (Å²) in [6.45, 7) is 0.384. The molecule has 3 aromatic rings. The Bertz CT molecular complexity index is 716. The van der Waals surface area contributed by atoms with Crippen molar-refractivity contribution in [2.75, 3.05) is 6.61 Å². The van der Waals surface area contributed by atoms with E-state index in [0.717, 1.165) is 22.9 Å². The Hall–Kier alpha value is -2.55. The van der Waals surface area contributed by atoms with Crippen molar-refractivity contribution in [2.24, 2.45) is 0 Å².